The molecule has 2 heteroatoms. The zero-order chi connectivity index (χ0) is 9.52. The van der Waals surface area contributed by atoms with Crippen LogP contribution in [0.3, 0.4) is 0 Å². The molecule has 0 aliphatic heterocycles. The van der Waals surface area contributed by atoms with E-state index in [-0.39, 0.29) is 0 Å². The van der Waals surface area contributed by atoms with Crippen molar-refractivity contribution < 1.29 is 9.53 Å². The zero-order valence-electron chi connectivity index (χ0n) is 7.40. The number of aldehydes is 1. The van der Waals surface area contributed by atoms with Crippen molar-refractivity contribution >= 4 is 6.29 Å². The summed E-state index contributed by atoms with van der Waals surface area (Å²) in [5.74, 6) is 0.821. The molecule has 0 amide bonds. The summed E-state index contributed by atoms with van der Waals surface area (Å²) in [5, 5.41) is 0. The zero-order valence-corrected chi connectivity index (χ0v) is 7.40. The first kappa shape index (κ1) is 9.52. The van der Waals surface area contributed by atoms with Gasteiger partial charge in [0.15, 0.2) is 0 Å². The van der Waals surface area contributed by atoms with Gasteiger partial charge in [0.1, 0.15) is 12.0 Å². The number of carbonyl (C=O) groups excluding carboxylic acids is 1. The van der Waals surface area contributed by atoms with Gasteiger partial charge < -0.3 is 4.74 Å². The summed E-state index contributed by atoms with van der Waals surface area (Å²) in [7, 11) is 0. The van der Waals surface area contributed by atoms with E-state index in [9.17, 15) is 4.79 Å². The topological polar surface area (TPSA) is 26.3 Å². The molecule has 2 nitrogen and oxygen atoms in total. The van der Waals surface area contributed by atoms with Crippen LogP contribution in [0.1, 0.15) is 6.42 Å². The van der Waals surface area contributed by atoms with Gasteiger partial charge in [0, 0.05) is 6.42 Å². The Kier molecular flexibility index (Phi) is 3.76. The maximum absolute atomic E-state index is 10.2. The number of carbonyl (C=O) groups is 1. The molecule has 0 heterocycles. The van der Waals surface area contributed by atoms with Crippen LogP contribution in [0.15, 0.2) is 42.5 Å². The molecule has 0 aliphatic carbocycles. The van der Waals surface area contributed by atoms with E-state index in [1.807, 2.05) is 30.3 Å². The van der Waals surface area contributed by atoms with Crippen molar-refractivity contribution in [2.75, 3.05) is 6.61 Å². The normalized spacial score (nSPS) is 9.23. The molecular weight excluding hydrogens is 164 g/mol. The summed E-state index contributed by atoms with van der Waals surface area (Å²) in [6.45, 7) is 4.06. The van der Waals surface area contributed by atoms with Crippen LogP contribution in [0.5, 0.6) is 5.75 Å². The van der Waals surface area contributed by atoms with Crippen LogP contribution in [0.2, 0.25) is 0 Å². The molecule has 0 spiro atoms. The fraction of sp³-hybridized carbons (Fsp3) is 0.182. The van der Waals surface area contributed by atoms with Crippen molar-refractivity contribution in [1.82, 2.24) is 0 Å². The molecule has 0 radical (unpaired) electrons. The largest absolute Gasteiger partial charge is 0.493 e. The molecule has 68 valence electrons. The first-order valence-electron chi connectivity index (χ1n) is 4.13. The Morgan fingerprint density at radius 2 is 2.08 bits per heavy atom. The first-order valence-corrected chi connectivity index (χ1v) is 4.13. The molecule has 0 saturated heterocycles. The van der Waals surface area contributed by atoms with E-state index < -0.39 is 0 Å². The molecule has 0 N–H and O–H groups in total. The van der Waals surface area contributed by atoms with Gasteiger partial charge in [-0.1, -0.05) is 24.8 Å². The van der Waals surface area contributed by atoms with Crippen LogP contribution in [-0.4, -0.2) is 12.9 Å². The van der Waals surface area contributed by atoms with Gasteiger partial charge in [-0.05, 0) is 17.7 Å². The predicted octanol–water partition coefficient (Wildman–Crippen LogP) is 2.21. The maximum atomic E-state index is 10.2. The average Bonchev–Trinajstić information content (AvgIpc) is 2.19. The number of ether oxygens (including phenoxy) is 1. The van der Waals surface area contributed by atoms with Crippen LogP contribution >= 0.6 is 0 Å². The Morgan fingerprint density at radius 1 is 1.38 bits per heavy atom. The Bertz CT molecular complexity index is 277. The Labute approximate surface area is 77.8 Å². The lowest BCUT2D eigenvalue weighted by Crippen LogP contribution is -1.98. The van der Waals surface area contributed by atoms with E-state index in [1.165, 1.54) is 0 Å². The smallest absolute Gasteiger partial charge is 0.145 e. The SMILES string of the molecule is C=C(C=O)CCOc1ccccc1. The summed E-state index contributed by atoms with van der Waals surface area (Å²) in [4.78, 5) is 10.2. The fourth-order valence-corrected chi connectivity index (χ4v) is 0.876. The van der Waals surface area contributed by atoms with Crippen LogP contribution in [0, 0.1) is 0 Å². The summed E-state index contributed by atoms with van der Waals surface area (Å²) in [5.41, 5.74) is 0.566. The molecule has 1 aromatic rings. The molecule has 1 rings (SSSR count). The Morgan fingerprint density at radius 3 is 2.69 bits per heavy atom. The molecule has 13 heavy (non-hydrogen) atoms. The van der Waals surface area contributed by atoms with Gasteiger partial charge in [0.2, 0.25) is 0 Å². The third-order valence-corrected chi connectivity index (χ3v) is 1.60. The number of benzene rings is 1. The lowest BCUT2D eigenvalue weighted by atomic mass is 10.2. The summed E-state index contributed by atoms with van der Waals surface area (Å²) >= 11 is 0. The molecule has 0 bridgehead atoms. The first-order chi connectivity index (χ1) is 6.33. The highest BCUT2D eigenvalue weighted by atomic mass is 16.5. The van der Waals surface area contributed by atoms with Gasteiger partial charge in [0.25, 0.3) is 0 Å². The highest BCUT2D eigenvalue weighted by Crippen LogP contribution is 2.08. The maximum Gasteiger partial charge on any atom is 0.145 e. The molecule has 0 aliphatic rings. The van der Waals surface area contributed by atoms with Gasteiger partial charge in [-0.3, -0.25) is 4.79 Å². The van der Waals surface area contributed by atoms with E-state index in [2.05, 4.69) is 6.58 Å². The minimum atomic E-state index is 0.502. The van der Waals surface area contributed by atoms with Crippen LogP contribution in [0.4, 0.5) is 0 Å². The Hall–Kier alpha value is -1.57. The van der Waals surface area contributed by atoms with E-state index in [0.717, 1.165) is 12.0 Å². The van der Waals surface area contributed by atoms with Crippen molar-refractivity contribution in [1.29, 1.82) is 0 Å². The summed E-state index contributed by atoms with van der Waals surface area (Å²) in [6, 6.07) is 9.50. The molecule has 0 saturated carbocycles. The predicted molar refractivity (Wildman–Crippen MR) is 51.8 cm³/mol. The molecule has 1 aromatic carbocycles. The molecule has 0 atom stereocenters. The van der Waals surface area contributed by atoms with Gasteiger partial charge in [-0.25, -0.2) is 0 Å². The van der Waals surface area contributed by atoms with Crippen molar-refractivity contribution in [3.05, 3.63) is 42.5 Å². The van der Waals surface area contributed by atoms with E-state index in [1.54, 1.807) is 0 Å². The Balaban J connectivity index is 2.28. The van der Waals surface area contributed by atoms with Gasteiger partial charge in [-0.15, -0.1) is 0 Å². The molecule has 0 aromatic heterocycles. The quantitative estimate of drug-likeness (QED) is 0.508. The highest BCUT2D eigenvalue weighted by molar-refractivity contribution is 5.71. The second-order valence-electron chi connectivity index (χ2n) is 2.69. The average molecular weight is 176 g/mol. The third kappa shape index (κ3) is 3.56. The van der Waals surface area contributed by atoms with Crippen molar-refractivity contribution in [2.45, 2.75) is 6.42 Å². The van der Waals surface area contributed by atoms with Gasteiger partial charge in [0.05, 0.1) is 6.61 Å². The minimum Gasteiger partial charge on any atom is -0.493 e. The minimum absolute atomic E-state index is 0.502. The molecular formula is C11H12O2. The number of hydrogen-bond donors (Lipinski definition) is 0. The monoisotopic (exact) mass is 176 g/mol. The van der Waals surface area contributed by atoms with Crippen LogP contribution in [-0.2, 0) is 4.79 Å². The highest BCUT2D eigenvalue weighted by Gasteiger charge is 1.93. The van der Waals surface area contributed by atoms with Crippen LogP contribution in [0.25, 0.3) is 0 Å². The van der Waals surface area contributed by atoms with Crippen molar-refractivity contribution in [3.63, 3.8) is 0 Å². The molecule has 0 fully saturated rings. The van der Waals surface area contributed by atoms with E-state index in [4.69, 9.17) is 4.74 Å². The number of hydrogen-bond acceptors (Lipinski definition) is 2. The third-order valence-electron chi connectivity index (χ3n) is 1.60. The number of para-hydroxylation sites is 1. The molecule has 0 unspecified atom stereocenters. The van der Waals surface area contributed by atoms with Crippen molar-refractivity contribution in [2.24, 2.45) is 0 Å². The van der Waals surface area contributed by atoms with E-state index >= 15 is 0 Å². The van der Waals surface area contributed by atoms with E-state index in [0.29, 0.717) is 18.6 Å². The second-order valence-corrected chi connectivity index (χ2v) is 2.69. The number of rotatable bonds is 5. The fourth-order valence-electron chi connectivity index (χ4n) is 0.876. The summed E-state index contributed by atoms with van der Waals surface area (Å²) < 4.78 is 5.36. The van der Waals surface area contributed by atoms with Crippen molar-refractivity contribution in [3.8, 4) is 5.75 Å². The summed E-state index contributed by atoms with van der Waals surface area (Å²) in [6.07, 6.45) is 1.34. The lowest BCUT2D eigenvalue weighted by molar-refractivity contribution is -0.105. The lowest BCUT2D eigenvalue weighted by Gasteiger charge is -2.04. The van der Waals surface area contributed by atoms with Crippen LogP contribution < -0.4 is 4.74 Å². The van der Waals surface area contributed by atoms with Gasteiger partial charge in [-0.2, -0.15) is 0 Å². The van der Waals surface area contributed by atoms with Gasteiger partial charge >= 0.3 is 0 Å². The second kappa shape index (κ2) is 5.14. The standard InChI is InChI=1S/C11H12O2/c1-10(9-12)7-8-13-11-5-3-2-4-6-11/h2-6,9H,1,7-8H2.